The molecule has 0 radical (unpaired) electrons. The Kier molecular flexibility index (Phi) is 4.39. The zero-order chi connectivity index (χ0) is 14.7. The third-order valence-corrected chi connectivity index (χ3v) is 4.33. The Bertz CT molecular complexity index is 532. The molecule has 0 bridgehead atoms. The number of piperidine rings is 1. The molecule has 0 aromatic carbocycles. The summed E-state index contributed by atoms with van der Waals surface area (Å²) in [5.41, 5.74) is 0.349. The number of hydrogen-bond donors (Lipinski definition) is 2. The van der Waals surface area contributed by atoms with E-state index < -0.39 is 5.97 Å². The van der Waals surface area contributed by atoms with E-state index in [1.54, 1.807) is 16.3 Å². The molecule has 1 saturated heterocycles. The highest BCUT2D eigenvalue weighted by Crippen LogP contribution is 2.25. The summed E-state index contributed by atoms with van der Waals surface area (Å²) >= 11 is 1.08. The van der Waals surface area contributed by atoms with Crippen LogP contribution in [0.5, 0.6) is 0 Å². The Morgan fingerprint density at radius 1 is 1.35 bits per heavy atom. The third kappa shape index (κ3) is 3.16. The summed E-state index contributed by atoms with van der Waals surface area (Å²) in [7, 11) is 0. The molecule has 1 aromatic rings. The number of carboxylic acid groups (broad SMARTS) is 1. The van der Waals surface area contributed by atoms with Crippen molar-refractivity contribution in [1.29, 1.82) is 0 Å². The fourth-order valence-corrected chi connectivity index (χ4v) is 2.95. The average Bonchev–Trinajstić information content (AvgIpc) is 2.87. The minimum absolute atomic E-state index is 0.0230. The number of carbonyl (C=O) groups is 3. The topological polar surface area (TPSA) is 86.7 Å². The van der Waals surface area contributed by atoms with E-state index in [1.165, 1.54) is 6.92 Å². The number of thiophene rings is 1. The van der Waals surface area contributed by atoms with Gasteiger partial charge in [0, 0.05) is 25.9 Å². The first-order valence-corrected chi connectivity index (χ1v) is 7.24. The molecule has 0 unspecified atom stereocenters. The summed E-state index contributed by atoms with van der Waals surface area (Å²) in [4.78, 5) is 36.2. The van der Waals surface area contributed by atoms with Gasteiger partial charge in [-0.05, 0) is 24.3 Å². The lowest BCUT2D eigenvalue weighted by Gasteiger charge is -2.30. The molecule has 2 N–H and O–H groups in total. The predicted molar refractivity (Wildman–Crippen MR) is 74.9 cm³/mol. The van der Waals surface area contributed by atoms with Crippen LogP contribution in [0.15, 0.2) is 11.4 Å². The van der Waals surface area contributed by atoms with Crippen molar-refractivity contribution in [3.8, 4) is 0 Å². The molecule has 20 heavy (non-hydrogen) atoms. The normalized spacial score (nSPS) is 15.9. The van der Waals surface area contributed by atoms with Gasteiger partial charge in [-0.2, -0.15) is 0 Å². The van der Waals surface area contributed by atoms with Gasteiger partial charge in [0.25, 0.3) is 0 Å². The summed E-state index contributed by atoms with van der Waals surface area (Å²) in [6, 6.07) is 1.59. The highest BCUT2D eigenvalue weighted by atomic mass is 32.1. The van der Waals surface area contributed by atoms with Crippen LogP contribution in [0.3, 0.4) is 0 Å². The molecule has 0 saturated carbocycles. The number of amides is 2. The van der Waals surface area contributed by atoms with Crippen molar-refractivity contribution in [1.82, 2.24) is 4.90 Å². The molecular formula is C13H16N2O4S. The van der Waals surface area contributed by atoms with Crippen molar-refractivity contribution in [2.24, 2.45) is 5.92 Å². The molecular weight excluding hydrogens is 280 g/mol. The first-order chi connectivity index (χ1) is 9.49. The fraction of sp³-hybridized carbons (Fsp3) is 0.462. The minimum Gasteiger partial charge on any atom is -0.477 e. The van der Waals surface area contributed by atoms with Crippen molar-refractivity contribution >= 4 is 34.8 Å². The van der Waals surface area contributed by atoms with E-state index >= 15 is 0 Å². The van der Waals surface area contributed by atoms with E-state index in [4.69, 9.17) is 5.11 Å². The smallest absolute Gasteiger partial charge is 0.348 e. The van der Waals surface area contributed by atoms with Crippen molar-refractivity contribution < 1.29 is 19.5 Å². The van der Waals surface area contributed by atoms with Gasteiger partial charge >= 0.3 is 5.97 Å². The molecule has 0 aliphatic carbocycles. The third-order valence-electron chi connectivity index (χ3n) is 3.43. The molecule has 1 aromatic heterocycles. The van der Waals surface area contributed by atoms with Gasteiger partial charge in [0.15, 0.2) is 0 Å². The molecule has 2 heterocycles. The molecule has 1 fully saturated rings. The molecule has 0 spiro atoms. The number of carbonyl (C=O) groups excluding carboxylic acids is 2. The van der Waals surface area contributed by atoms with Crippen LogP contribution in [0.2, 0.25) is 0 Å². The van der Waals surface area contributed by atoms with E-state index in [1.807, 2.05) is 0 Å². The first kappa shape index (κ1) is 14.5. The summed E-state index contributed by atoms with van der Waals surface area (Å²) < 4.78 is 0. The van der Waals surface area contributed by atoms with Crippen molar-refractivity contribution in [3.05, 3.63) is 16.3 Å². The van der Waals surface area contributed by atoms with Gasteiger partial charge in [0.2, 0.25) is 11.8 Å². The Hall–Kier alpha value is -1.89. The maximum absolute atomic E-state index is 12.1. The van der Waals surface area contributed by atoms with Crippen LogP contribution in [0.25, 0.3) is 0 Å². The number of anilines is 1. The predicted octanol–water partition coefficient (Wildman–Crippen LogP) is 1.64. The number of nitrogens with zero attached hydrogens (tertiary/aromatic N) is 1. The Morgan fingerprint density at radius 3 is 2.55 bits per heavy atom. The van der Waals surface area contributed by atoms with Crippen molar-refractivity contribution in [2.45, 2.75) is 19.8 Å². The number of nitrogens with one attached hydrogen (secondary N) is 1. The minimum atomic E-state index is -1.04. The first-order valence-electron chi connectivity index (χ1n) is 6.36. The van der Waals surface area contributed by atoms with E-state index in [2.05, 4.69) is 5.32 Å². The van der Waals surface area contributed by atoms with Gasteiger partial charge in [-0.1, -0.05) is 0 Å². The number of rotatable bonds is 3. The second-order valence-corrected chi connectivity index (χ2v) is 5.65. The standard InChI is InChI=1S/C13H16N2O4S/c1-8(16)15-5-2-9(3-6-15)12(17)14-10-4-7-20-11(10)13(18)19/h4,7,9H,2-3,5-6H2,1H3,(H,14,17)(H,18,19). The largest absolute Gasteiger partial charge is 0.477 e. The lowest BCUT2D eigenvalue weighted by molar-refractivity contribution is -0.132. The van der Waals surface area contributed by atoms with E-state index in [0.29, 0.717) is 31.6 Å². The van der Waals surface area contributed by atoms with Crippen LogP contribution >= 0.6 is 11.3 Å². The van der Waals surface area contributed by atoms with Crippen LogP contribution in [0.4, 0.5) is 5.69 Å². The van der Waals surface area contributed by atoms with Crippen molar-refractivity contribution in [2.75, 3.05) is 18.4 Å². The Balaban J connectivity index is 1.94. The lowest BCUT2D eigenvalue weighted by Crippen LogP contribution is -2.40. The second-order valence-electron chi connectivity index (χ2n) is 4.74. The Labute approximate surface area is 120 Å². The maximum Gasteiger partial charge on any atom is 0.348 e. The maximum atomic E-state index is 12.1. The summed E-state index contributed by atoms with van der Waals surface area (Å²) in [6.07, 6.45) is 1.22. The lowest BCUT2D eigenvalue weighted by atomic mass is 9.96. The molecule has 1 aliphatic rings. The highest BCUT2D eigenvalue weighted by Gasteiger charge is 2.27. The van der Waals surface area contributed by atoms with Gasteiger partial charge in [0.05, 0.1) is 5.69 Å². The average molecular weight is 296 g/mol. The molecule has 108 valence electrons. The van der Waals surface area contributed by atoms with Gasteiger partial charge in [0.1, 0.15) is 4.88 Å². The molecule has 0 atom stereocenters. The molecule has 2 amide bonds. The quantitative estimate of drug-likeness (QED) is 0.887. The van der Waals surface area contributed by atoms with E-state index in [-0.39, 0.29) is 22.6 Å². The van der Waals surface area contributed by atoms with E-state index in [0.717, 1.165) is 11.3 Å². The highest BCUT2D eigenvalue weighted by molar-refractivity contribution is 7.12. The fourth-order valence-electron chi connectivity index (χ4n) is 2.26. The van der Waals surface area contributed by atoms with Crippen molar-refractivity contribution in [3.63, 3.8) is 0 Å². The van der Waals surface area contributed by atoms with Crippen LogP contribution in [-0.4, -0.2) is 40.9 Å². The van der Waals surface area contributed by atoms with Crippen LogP contribution < -0.4 is 5.32 Å². The monoisotopic (exact) mass is 296 g/mol. The van der Waals surface area contributed by atoms with Gasteiger partial charge < -0.3 is 15.3 Å². The number of carboxylic acids is 1. The molecule has 2 rings (SSSR count). The number of aromatic carboxylic acids is 1. The van der Waals surface area contributed by atoms with Crippen LogP contribution in [-0.2, 0) is 9.59 Å². The molecule has 7 heteroatoms. The van der Waals surface area contributed by atoms with E-state index in [9.17, 15) is 14.4 Å². The summed E-state index contributed by atoms with van der Waals surface area (Å²) in [5, 5.41) is 13.3. The van der Waals surface area contributed by atoms with Gasteiger partial charge in [-0.3, -0.25) is 9.59 Å². The summed E-state index contributed by atoms with van der Waals surface area (Å²) in [6.45, 7) is 2.66. The van der Waals surface area contributed by atoms with Gasteiger partial charge in [-0.15, -0.1) is 11.3 Å². The second kappa shape index (κ2) is 6.04. The molecule has 6 nitrogen and oxygen atoms in total. The van der Waals surface area contributed by atoms with Crippen LogP contribution in [0, 0.1) is 5.92 Å². The molecule has 1 aliphatic heterocycles. The number of hydrogen-bond acceptors (Lipinski definition) is 4. The Morgan fingerprint density at radius 2 is 2.00 bits per heavy atom. The van der Waals surface area contributed by atoms with Gasteiger partial charge in [-0.25, -0.2) is 4.79 Å². The summed E-state index contributed by atoms with van der Waals surface area (Å²) in [5.74, 6) is -1.36. The SMILES string of the molecule is CC(=O)N1CCC(C(=O)Nc2ccsc2C(=O)O)CC1. The number of likely N-dealkylation sites (tertiary alicyclic amines) is 1. The zero-order valence-electron chi connectivity index (χ0n) is 11.1. The van der Waals surface area contributed by atoms with Crippen LogP contribution in [0.1, 0.15) is 29.4 Å². The zero-order valence-corrected chi connectivity index (χ0v) is 11.9.